The Hall–Kier alpha value is -2.48. The van der Waals surface area contributed by atoms with Crippen LogP contribution in [0.5, 0.6) is 11.5 Å². The quantitative estimate of drug-likeness (QED) is 0.164. The van der Waals surface area contributed by atoms with Crippen LogP contribution in [-0.4, -0.2) is 13.2 Å². The molecule has 0 atom stereocenters. The predicted octanol–water partition coefficient (Wildman–Crippen LogP) is 12.2. The van der Waals surface area contributed by atoms with Gasteiger partial charge in [-0.2, -0.15) is 0 Å². The first-order valence-corrected chi connectivity index (χ1v) is 19.1. The largest absolute Gasteiger partial charge is 0.492 e. The first kappa shape index (κ1) is 34.8. The van der Waals surface area contributed by atoms with E-state index in [1.807, 2.05) is 48.5 Å². The molecule has 2 nitrogen and oxygen atoms in total. The molecular weight excluding hydrogens is 832 g/mol. The molecule has 0 saturated carbocycles. The van der Waals surface area contributed by atoms with Gasteiger partial charge in [-0.15, -0.1) is 0 Å². The fourth-order valence-electron chi connectivity index (χ4n) is 5.29. The van der Waals surface area contributed by atoms with Gasteiger partial charge in [0.25, 0.3) is 0 Å². The molecule has 0 aliphatic carbocycles. The molecule has 8 rings (SSSR count). The lowest BCUT2D eigenvalue weighted by Crippen LogP contribution is -2.04. The fourth-order valence-corrected chi connectivity index (χ4v) is 7.69. The Bertz CT molecular complexity index is 1590. The van der Waals surface area contributed by atoms with Crippen LogP contribution >= 0.6 is 63.7 Å². The topological polar surface area (TPSA) is 18.5 Å². The van der Waals surface area contributed by atoms with Gasteiger partial charge < -0.3 is 9.47 Å². The van der Waals surface area contributed by atoms with Crippen LogP contribution in [0.25, 0.3) is 0 Å². The number of ether oxygens (including phenoxy) is 2. The van der Waals surface area contributed by atoms with Crippen LogP contribution in [0.15, 0.2) is 90.7 Å². The number of aryl methyl sites for hydroxylation is 2. The van der Waals surface area contributed by atoms with Gasteiger partial charge in [-0.05, 0) is 138 Å². The van der Waals surface area contributed by atoms with Gasteiger partial charge in [0.15, 0.2) is 0 Å². The Balaban J connectivity index is 1.46. The standard InChI is InChI=1S/C40H36Br4O2/c41-35-13-9-14-36(42)33(35)23-21-31-28-40-32(22-24-34-37(43)15-10-16-38(34)44)27-39(31)45-25-7-3-1-5-11-29-17-19-30(20-18-29)12-6-2-4-8-26-46-40/h9-10,13-20,27-28H,1-8,11-12,25-26H2. The zero-order chi connectivity index (χ0) is 32.1. The number of rotatable bonds is 0. The van der Waals surface area contributed by atoms with Gasteiger partial charge in [0.1, 0.15) is 11.5 Å². The highest BCUT2D eigenvalue weighted by Gasteiger charge is 2.12. The molecule has 4 aromatic carbocycles. The minimum atomic E-state index is 0.616. The average Bonchev–Trinajstić information content (AvgIpc) is 3.04. The van der Waals surface area contributed by atoms with Crippen LogP contribution < -0.4 is 9.47 Å². The summed E-state index contributed by atoms with van der Waals surface area (Å²) >= 11 is 14.6. The van der Waals surface area contributed by atoms with Gasteiger partial charge in [-0.3, -0.25) is 0 Å². The SMILES string of the molecule is Brc1cccc(Br)c1C#Cc1cc2c(C#Cc3c(Br)cccc3Br)cc1OCCCCCCc1ccc(cc1)CCCCCCO2. The van der Waals surface area contributed by atoms with Gasteiger partial charge in [-0.25, -0.2) is 0 Å². The van der Waals surface area contributed by atoms with Crippen molar-refractivity contribution in [1.82, 2.24) is 0 Å². The summed E-state index contributed by atoms with van der Waals surface area (Å²) in [6.45, 7) is 1.23. The van der Waals surface area contributed by atoms with Crippen LogP contribution in [0.3, 0.4) is 0 Å². The van der Waals surface area contributed by atoms with Crippen molar-refractivity contribution in [2.24, 2.45) is 0 Å². The van der Waals surface area contributed by atoms with E-state index in [1.54, 1.807) is 0 Å². The normalized spacial score (nSPS) is 14.3. The maximum Gasteiger partial charge on any atom is 0.136 e. The summed E-state index contributed by atoms with van der Waals surface area (Å²) in [7, 11) is 0. The minimum Gasteiger partial charge on any atom is -0.492 e. The molecule has 0 spiro atoms. The van der Waals surface area contributed by atoms with Crippen LogP contribution in [0.2, 0.25) is 0 Å². The van der Waals surface area contributed by atoms with E-state index >= 15 is 0 Å². The molecule has 4 bridgehead atoms. The van der Waals surface area contributed by atoms with Crippen molar-refractivity contribution < 1.29 is 9.47 Å². The van der Waals surface area contributed by atoms with E-state index in [0.717, 1.165) is 90.2 Å². The molecule has 0 saturated heterocycles. The lowest BCUT2D eigenvalue weighted by Gasteiger charge is -2.14. The number of halogens is 4. The van der Waals surface area contributed by atoms with Gasteiger partial charge in [0.05, 0.1) is 35.5 Å². The van der Waals surface area contributed by atoms with Crippen LogP contribution in [0.4, 0.5) is 0 Å². The molecule has 0 unspecified atom stereocenters. The summed E-state index contributed by atoms with van der Waals surface area (Å²) in [6.07, 6.45) is 11.2. The van der Waals surface area contributed by atoms with Crippen molar-refractivity contribution in [2.75, 3.05) is 13.2 Å². The summed E-state index contributed by atoms with van der Waals surface area (Å²) in [5.74, 6) is 14.9. The fraction of sp³-hybridized carbons (Fsp3) is 0.300. The lowest BCUT2D eigenvalue weighted by atomic mass is 10.0. The third-order valence-electron chi connectivity index (χ3n) is 7.91. The Morgan fingerprint density at radius 3 is 1.20 bits per heavy atom. The third kappa shape index (κ3) is 10.3. The van der Waals surface area contributed by atoms with Crippen molar-refractivity contribution in [2.45, 2.75) is 64.2 Å². The first-order valence-electron chi connectivity index (χ1n) is 15.9. The van der Waals surface area contributed by atoms with Crippen molar-refractivity contribution in [3.63, 3.8) is 0 Å². The van der Waals surface area contributed by atoms with E-state index in [4.69, 9.17) is 9.47 Å². The zero-order valence-electron chi connectivity index (χ0n) is 25.7. The minimum absolute atomic E-state index is 0.616. The van der Waals surface area contributed by atoms with Crippen molar-refractivity contribution >= 4 is 63.7 Å². The van der Waals surface area contributed by atoms with E-state index in [9.17, 15) is 0 Å². The molecule has 0 aromatic heterocycles. The second kappa shape index (κ2) is 18.2. The highest BCUT2D eigenvalue weighted by Crippen LogP contribution is 2.31. The number of benzene rings is 4. The predicted molar refractivity (Wildman–Crippen MR) is 204 cm³/mol. The summed E-state index contributed by atoms with van der Waals surface area (Å²) < 4.78 is 16.6. The van der Waals surface area contributed by atoms with Crippen molar-refractivity contribution in [3.05, 3.63) is 124 Å². The summed E-state index contributed by atoms with van der Waals surface area (Å²) in [4.78, 5) is 0. The third-order valence-corrected chi connectivity index (χ3v) is 10.6. The zero-order valence-corrected chi connectivity index (χ0v) is 32.1. The van der Waals surface area contributed by atoms with Gasteiger partial charge in [0.2, 0.25) is 0 Å². The molecule has 0 radical (unpaired) electrons. The highest BCUT2D eigenvalue weighted by atomic mass is 79.9. The summed E-state index contributed by atoms with van der Waals surface area (Å²) in [5, 5.41) is 0. The molecule has 4 aromatic rings. The molecule has 0 N–H and O–H groups in total. The second-order valence-corrected chi connectivity index (χ2v) is 14.8. The van der Waals surface area contributed by atoms with Crippen LogP contribution in [0, 0.1) is 23.7 Å². The molecule has 4 aliphatic heterocycles. The Morgan fingerprint density at radius 2 is 0.804 bits per heavy atom. The second-order valence-electron chi connectivity index (χ2n) is 11.4. The summed E-state index contributed by atoms with van der Waals surface area (Å²) in [6, 6.07) is 25.2. The summed E-state index contributed by atoms with van der Waals surface area (Å²) in [5.41, 5.74) is 6.22. The lowest BCUT2D eigenvalue weighted by molar-refractivity contribution is 0.295. The molecule has 4 heterocycles. The molecule has 6 heteroatoms. The maximum atomic E-state index is 6.44. The van der Waals surface area contributed by atoms with E-state index in [0.29, 0.717) is 13.2 Å². The van der Waals surface area contributed by atoms with Gasteiger partial charge in [0, 0.05) is 30.0 Å². The monoisotopic (exact) mass is 864 g/mol. The smallest absolute Gasteiger partial charge is 0.136 e. The van der Waals surface area contributed by atoms with E-state index in [-0.39, 0.29) is 0 Å². The first-order chi connectivity index (χ1) is 22.5. The van der Waals surface area contributed by atoms with Crippen LogP contribution in [0.1, 0.15) is 84.7 Å². The molecule has 236 valence electrons. The van der Waals surface area contributed by atoms with E-state index < -0.39 is 0 Å². The highest BCUT2D eigenvalue weighted by molar-refractivity contribution is 9.11. The number of hydrogen-bond acceptors (Lipinski definition) is 2. The molecule has 46 heavy (non-hydrogen) atoms. The Kier molecular flexibility index (Phi) is 13.8. The Morgan fingerprint density at radius 1 is 0.435 bits per heavy atom. The van der Waals surface area contributed by atoms with Gasteiger partial charge >= 0.3 is 0 Å². The molecular formula is C40H36Br4O2. The molecule has 0 amide bonds. The van der Waals surface area contributed by atoms with Gasteiger partial charge in [-0.1, -0.05) is 85.8 Å². The number of hydrogen-bond donors (Lipinski definition) is 0. The maximum absolute atomic E-state index is 6.44. The van der Waals surface area contributed by atoms with Crippen molar-refractivity contribution in [3.8, 4) is 35.2 Å². The molecule has 4 aliphatic rings. The molecule has 0 fully saturated rings. The Labute approximate surface area is 307 Å². The van der Waals surface area contributed by atoms with Crippen molar-refractivity contribution in [1.29, 1.82) is 0 Å². The van der Waals surface area contributed by atoms with E-state index in [1.165, 1.54) is 36.8 Å². The average molecular weight is 868 g/mol. The van der Waals surface area contributed by atoms with Crippen LogP contribution in [-0.2, 0) is 12.8 Å². The van der Waals surface area contributed by atoms with E-state index in [2.05, 4.69) is 112 Å².